The fraction of sp³-hybridized carbons (Fsp3) is 0.160. The van der Waals surface area contributed by atoms with Crippen LogP contribution in [-0.2, 0) is 0 Å². The topological polar surface area (TPSA) is 103 Å². The Morgan fingerprint density at radius 2 is 1.77 bits per heavy atom. The van der Waals surface area contributed by atoms with Crippen molar-refractivity contribution in [1.82, 2.24) is 14.8 Å². The number of anilines is 1. The van der Waals surface area contributed by atoms with Gasteiger partial charge in [0.1, 0.15) is 17.6 Å². The second-order valence-electron chi connectivity index (χ2n) is 8.02. The summed E-state index contributed by atoms with van der Waals surface area (Å²) < 4.78 is 6.94. The number of nitro benzene ring substituents is 1. The number of carbonyl (C=O) groups excluding carboxylic acids is 1. The molecule has 1 aromatic heterocycles. The maximum Gasteiger partial charge on any atom is 0.282 e. The molecule has 2 heterocycles. The summed E-state index contributed by atoms with van der Waals surface area (Å²) in [5.74, 6) is 0.419. The standard InChI is InChI=1S/C25H20ClN5O4/c1-35-17-12-10-16(11-13-17)22-14-23(18-6-2-4-8-20(18)26)30-25(27-15-28-30)29(22)24(32)19-7-3-5-9-21(19)31(33)34/h2-13,15,22-23H,14H2,1H3/t22-,23-/m0/s1. The average molecular weight is 490 g/mol. The molecular weight excluding hydrogens is 470 g/mol. The second-order valence-corrected chi connectivity index (χ2v) is 8.42. The van der Waals surface area contributed by atoms with Crippen LogP contribution in [0.15, 0.2) is 79.1 Å². The largest absolute Gasteiger partial charge is 0.497 e. The summed E-state index contributed by atoms with van der Waals surface area (Å²) in [6, 6.07) is 19.9. The van der Waals surface area contributed by atoms with Crippen LogP contribution < -0.4 is 9.64 Å². The van der Waals surface area contributed by atoms with E-state index in [9.17, 15) is 14.9 Å². The molecule has 0 saturated carbocycles. The van der Waals surface area contributed by atoms with Crippen molar-refractivity contribution in [2.24, 2.45) is 0 Å². The Balaban J connectivity index is 1.68. The summed E-state index contributed by atoms with van der Waals surface area (Å²) >= 11 is 6.54. The molecule has 1 aliphatic rings. The van der Waals surface area contributed by atoms with Crippen molar-refractivity contribution in [3.63, 3.8) is 0 Å². The van der Waals surface area contributed by atoms with Crippen LogP contribution in [0.1, 0.15) is 40.0 Å². The zero-order valence-corrected chi connectivity index (χ0v) is 19.4. The van der Waals surface area contributed by atoms with Gasteiger partial charge >= 0.3 is 0 Å². The fourth-order valence-electron chi connectivity index (χ4n) is 4.48. The number of carbonyl (C=O) groups is 1. The summed E-state index contributed by atoms with van der Waals surface area (Å²) in [6.07, 6.45) is 1.80. The van der Waals surface area contributed by atoms with E-state index in [0.717, 1.165) is 11.1 Å². The van der Waals surface area contributed by atoms with E-state index in [2.05, 4.69) is 10.1 Å². The summed E-state index contributed by atoms with van der Waals surface area (Å²) in [7, 11) is 1.58. The van der Waals surface area contributed by atoms with Crippen molar-refractivity contribution in [2.45, 2.75) is 18.5 Å². The van der Waals surface area contributed by atoms with Gasteiger partial charge in [-0.15, -0.1) is 0 Å². The second kappa shape index (κ2) is 9.19. The molecule has 0 spiro atoms. The van der Waals surface area contributed by atoms with E-state index in [0.29, 0.717) is 17.2 Å². The fourth-order valence-corrected chi connectivity index (χ4v) is 4.75. The number of hydrogen-bond donors (Lipinski definition) is 0. The van der Waals surface area contributed by atoms with Crippen LogP contribution in [0.2, 0.25) is 5.02 Å². The van der Waals surface area contributed by atoms with Gasteiger partial charge in [-0.05, 0) is 41.8 Å². The highest BCUT2D eigenvalue weighted by molar-refractivity contribution is 6.31. The number of hydrogen-bond acceptors (Lipinski definition) is 6. The molecule has 2 atom stereocenters. The molecule has 10 heteroatoms. The number of amides is 1. The molecule has 35 heavy (non-hydrogen) atoms. The first-order valence-electron chi connectivity index (χ1n) is 10.8. The molecule has 0 aliphatic carbocycles. The van der Waals surface area contributed by atoms with Crippen molar-refractivity contribution < 1.29 is 14.5 Å². The minimum Gasteiger partial charge on any atom is -0.497 e. The van der Waals surface area contributed by atoms with Crippen LogP contribution in [0.25, 0.3) is 0 Å². The van der Waals surface area contributed by atoms with Gasteiger partial charge in [0, 0.05) is 11.1 Å². The normalized spacial score (nSPS) is 17.0. The SMILES string of the molecule is COc1ccc([C@@H]2C[C@@H](c3ccccc3Cl)n3ncnc3N2C(=O)c2ccccc2[N+](=O)[O-])cc1. The van der Waals surface area contributed by atoms with Crippen molar-refractivity contribution >= 4 is 29.1 Å². The molecule has 3 aromatic carbocycles. The molecule has 0 unspecified atom stereocenters. The van der Waals surface area contributed by atoms with Crippen LogP contribution in [0.5, 0.6) is 5.75 Å². The predicted octanol–water partition coefficient (Wildman–Crippen LogP) is 5.23. The number of methoxy groups -OCH3 is 1. The highest BCUT2D eigenvalue weighted by Crippen LogP contribution is 2.44. The van der Waals surface area contributed by atoms with Crippen LogP contribution in [0.3, 0.4) is 0 Å². The third-order valence-corrected chi connectivity index (χ3v) is 6.48. The molecule has 0 saturated heterocycles. The Morgan fingerprint density at radius 3 is 2.49 bits per heavy atom. The molecule has 0 N–H and O–H groups in total. The maximum absolute atomic E-state index is 13.9. The van der Waals surface area contributed by atoms with Gasteiger partial charge in [-0.2, -0.15) is 10.1 Å². The quantitative estimate of drug-likeness (QED) is 0.281. The van der Waals surface area contributed by atoms with Crippen LogP contribution in [0.4, 0.5) is 11.6 Å². The van der Waals surface area contributed by atoms with E-state index in [4.69, 9.17) is 16.3 Å². The van der Waals surface area contributed by atoms with E-state index >= 15 is 0 Å². The lowest BCUT2D eigenvalue weighted by Gasteiger charge is -2.39. The minimum atomic E-state index is -0.559. The molecule has 5 rings (SSSR count). The van der Waals surface area contributed by atoms with Gasteiger partial charge in [-0.1, -0.05) is 54.1 Å². The third-order valence-electron chi connectivity index (χ3n) is 6.14. The van der Waals surface area contributed by atoms with E-state index < -0.39 is 16.9 Å². The summed E-state index contributed by atoms with van der Waals surface area (Å²) in [4.78, 5) is 30.9. The number of para-hydroxylation sites is 1. The molecule has 0 fully saturated rings. The van der Waals surface area contributed by atoms with Crippen molar-refractivity contribution in [3.8, 4) is 5.75 Å². The number of rotatable bonds is 5. The molecule has 4 aromatic rings. The number of nitrogens with zero attached hydrogens (tertiary/aromatic N) is 5. The Morgan fingerprint density at radius 1 is 1.06 bits per heavy atom. The number of benzene rings is 3. The summed E-state index contributed by atoms with van der Waals surface area (Å²) in [5.41, 5.74) is 1.37. The smallest absolute Gasteiger partial charge is 0.282 e. The Bertz CT molecular complexity index is 1410. The van der Waals surface area contributed by atoms with Crippen molar-refractivity contribution in [1.29, 1.82) is 0 Å². The number of ether oxygens (including phenoxy) is 1. The van der Waals surface area contributed by atoms with E-state index in [-0.39, 0.29) is 23.2 Å². The lowest BCUT2D eigenvalue weighted by Crippen LogP contribution is -2.43. The van der Waals surface area contributed by atoms with Gasteiger partial charge < -0.3 is 4.74 Å². The van der Waals surface area contributed by atoms with E-state index in [1.807, 2.05) is 42.5 Å². The summed E-state index contributed by atoms with van der Waals surface area (Å²) in [5, 5.41) is 16.6. The van der Waals surface area contributed by atoms with Gasteiger partial charge in [0.05, 0.1) is 24.1 Å². The van der Waals surface area contributed by atoms with Gasteiger partial charge in [0.15, 0.2) is 0 Å². The van der Waals surface area contributed by atoms with E-state index in [1.54, 1.807) is 23.9 Å². The first kappa shape index (κ1) is 22.5. The lowest BCUT2D eigenvalue weighted by molar-refractivity contribution is -0.385. The number of fused-ring (bicyclic) bond motifs is 1. The van der Waals surface area contributed by atoms with Crippen LogP contribution in [0, 0.1) is 10.1 Å². The molecular formula is C25H20ClN5O4. The van der Waals surface area contributed by atoms with Gasteiger partial charge in [0.25, 0.3) is 11.6 Å². The highest BCUT2D eigenvalue weighted by atomic mass is 35.5. The average Bonchev–Trinajstić information content (AvgIpc) is 3.38. The van der Waals surface area contributed by atoms with Gasteiger partial charge in [-0.25, -0.2) is 4.68 Å². The zero-order chi connectivity index (χ0) is 24.5. The molecule has 0 radical (unpaired) electrons. The predicted molar refractivity (Wildman–Crippen MR) is 130 cm³/mol. The molecule has 0 bridgehead atoms. The van der Waals surface area contributed by atoms with Crippen molar-refractivity contribution in [2.75, 3.05) is 12.0 Å². The number of nitro groups is 1. The highest BCUT2D eigenvalue weighted by Gasteiger charge is 2.41. The third kappa shape index (κ3) is 4.00. The Kier molecular flexibility index (Phi) is 5.92. The number of halogens is 1. The molecule has 176 valence electrons. The lowest BCUT2D eigenvalue weighted by atomic mass is 9.91. The Hall–Kier alpha value is -4.24. The monoisotopic (exact) mass is 489 g/mol. The van der Waals surface area contributed by atoms with Gasteiger partial charge in [0.2, 0.25) is 5.95 Å². The molecule has 1 amide bonds. The first-order chi connectivity index (χ1) is 17.0. The van der Waals surface area contributed by atoms with E-state index in [1.165, 1.54) is 29.4 Å². The zero-order valence-electron chi connectivity index (χ0n) is 18.6. The number of aromatic nitrogens is 3. The minimum absolute atomic E-state index is 0.0262. The van der Waals surface area contributed by atoms with Crippen LogP contribution >= 0.6 is 11.6 Å². The van der Waals surface area contributed by atoms with Crippen LogP contribution in [-0.4, -0.2) is 32.7 Å². The first-order valence-corrected chi connectivity index (χ1v) is 11.2. The van der Waals surface area contributed by atoms with Gasteiger partial charge in [-0.3, -0.25) is 19.8 Å². The molecule has 1 aliphatic heterocycles. The molecule has 9 nitrogen and oxygen atoms in total. The maximum atomic E-state index is 13.9. The Labute approximate surface area is 205 Å². The van der Waals surface area contributed by atoms with Crippen molar-refractivity contribution in [3.05, 3.63) is 111 Å². The summed E-state index contributed by atoms with van der Waals surface area (Å²) in [6.45, 7) is 0.